The van der Waals surface area contributed by atoms with Gasteiger partial charge in [-0.2, -0.15) is 0 Å². The minimum absolute atomic E-state index is 0.163. The summed E-state index contributed by atoms with van der Waals surface area (Å²) in [4.78, 5) is 1.96. The molecule has 0 heterocycles. The number of nitrogens with two attached hydrogens (primary N) is 1. The van der Waals surface area contributed by atoms with Crippen LogP contribution >= 0.6 is 0 Å². The normalized spacial score (nSPS) is 14.7. The molecule has 4 heteroatoms. The average molecular weight is 252 g/mol. The minimum atomic E-state index is -0.615. The largest absolute Gasteiger partial charge is 0.496 e. The quantitative estimate of drug-likeness (QED) is 0.827. The van der Waals surface area contributed by atoms with Crippen molar-refractivity contribution in [3.05, 3.63) is 28.8 Å². The number of aliphatic hydroxyl groups excluding tert-OH is 1. The number of ether oxygens (including phenoxy) is 1. The van der Waals surface area contributed by atoms with Crippen LogP contribution < -0.4 is 10.5 Å². The van der Waals surface area contributed by atoms with Gasteiger partial charge in [0.05, 0.1) is 19.3 Å². The van der Waals surface area contributed by atoms with E-state index in [1.165, 1.54) is 11.1 Å². The van der Waals surface area contributed by atoms with E-state index < -0.39 is 6.10 Å². The van der Waals surface area contributed by atoms with E-state index in [1.807, 2.05) is 32.0 Å². The lowest BCUT2D eigenvalue weighted by Gasteiger charge is -2.30. The number of likely N-dealkylation sites (N-methyl/N-ethyl adjacent to an activating group) is 1. The second kappa shape index (κ2) is 6.18. The number of aliphatic hydroxyl groups is 1. The van der Waals surface area contributed by atoms with Gasteiger partial charge in [0.2, 0.25) is 0 Å². The van der Waals surface area contributed by atoms with Crippen molar-refractivity contribution in [3.8, 4) is 5.75 Å². The topological polar surface area (TPSA) is 58.7 Å². The maximum Gasteiger partial charge on any atom is 0.124 e. The second-order valence-electron chi connectivity index (χ2n) is 4.89. The first-order valence-electron chi connectivity index (χ1n) is 6.12. The molecule has 3 N–H and O–H groups in total. The number of benzene rings is 1. The summed E-state index contributed by atoms with van der Waals surface area (Å²) in [5, 5.41) is 10.1. The first-order chi connectivity index (χ1) is 8.42. The van der Waals surface area contributed by atoms with Crippen molar-refractivity contribution < 1.29 is 9.84 Å². The maximum atomic E-state index is 10.1. The van der Waals surface area contributed by atoms with Crippen LogP contribution in [0.15, 0.2) is 12.1 Å². The summed E-state index contributed by atoms with van der Waals surface area (Å²) in [6.45, 7) is 4.32. The summed E-state index contributed by atoms with van der Waals surface area (Å²) in [6, 6.07) is 3.91. The Morgan fingerprint density at radius 2 is 1.83 bits per heavy atom. The van der Waals surface area contributed by atoms with Crippen molar-refractivity contribution in [1.82, 2.24) is 4.90 Å². The van der Waals surface area contributed by atoms with Gasteiger partial charge in [0.15, 0.2) is 0 Å². The first kappa shape index (κ1) is 15.0. The van der Waals surface area contributed by atoms with Gasteiger partial charge in [0.1, 0.15) is 5.75 Å². The van der Waals surface area contributed by atoms with Gasteiger partial charge in [-0.05, 0) is 45.1 Å². The Hall–Kier alpha value is -1.10. The van der Waals surface area contributed by atoms with Gasteiger partial charge in [-0.1, -0.05) is 6.07 Å². The van der Waals surface area contributed by atoms with Gasteiger partial charge in [0.25, 0.3) is 0 Å². The highest BCUT2D eigenvalue weighted by molar-refractivity contribution is 5.44. The van der Waals surface area contributed by atoms with Crippen LogP contribution in [0.5, 0.6) is 5.75 Å². The Kier molecular flexibility index (Phi) is 5.14. The molecule has 0 saturated carbocycles. The summed E-state index contributed by atoms with van der Waals surface area (Å²) >= 11 is 0. The zero-order valence-corrected chi connectivity index (χ0v) is 11.9. The molecule has 1 aromatic rings. The van der Waals surface area contributed by atoms with Gasteiger partial charge < -0.3 is 15.6 Å². The lowest BCUT2D eigenvalue weighted by Crippen LogP contribution is -2.36. The molecule has 0 amide bonds. The van der Waals surface area contributed by atoms with E-state index in [4.69, 9.17) is 10.5 Å². The first-order valence-corrected chi connectivity index (χ1v) is 6.12. The van der Waals surface area contributed by atoms with Gasteiger partial charge >= 0.3 is 0 Å². The molecule has 0 aliphatic heterocycles. The lowest BCUT2D eigenvalue weighted by atomic mass is 9.95. The molecule has 0 aliphatic carbocycles. The fourth-order valence-corrected chi connectivity index (χ4v) is 2.18. The number of hydrogen-bond acceptors (Lipinski definition) is 4. The third kappa shape index (κ3) is 3.02. The molecule has 0 radical (unpaired) electrons. The molecular formula is C14H24N2O2. The van der Waals surface area contributed by atoms with Crippen molar-refractivity contribution in [2.75, 3.05) is 27.7 Å². The molecule has 1 rings (SSSR count). The van der Waals surface area contributed by atoms with Gasteiger partial charge in [0, 0.05) is 12.1 Å². The van der Waals surface area contributed by atoms with E-state index in [9.17, 15) is 5.11 Å². The number of methoxy groups -OCH3 is 1. The number of hydrogen-bond donors (Lipinski definition) is 2. The maximum absolute atomic E-state index is 10.1. The zero-order chi connectivity index (χ0) is 13.9. The fraction of sp³-hybridized carbons (Fsp3) is 0.571. The summed E-state index contributed by atoms with van der Waals surface area (Å²) < 4.78 is 5.43. The van der Waals surface area contributed by atoms with Crippen molar-refractivity contribution >= 4 is 0 Å². The Morgan fingerprint density at radius 1 is 1.28 bits per heavy atom. The number of aryl methyl sites for hydroxylation is 2. The van der Waals surface area contributed by atoms with E-state index in [0.717, 1.165) is 11.3 Å². The highest BCUT2D eigenvalue weighted by atomic mass is 16.5. The van der Waals surface area contributed by atoms with Crippen molar-refractivity contribution in [1.29, 1.82) is 0 Å². The fourth-order valence-electron chi connectivity index (χ4n) is 2.18. The summed E-state index contributed by atoms with van der Waals surface area (Å²) in [6.07, 6.45) is -0.615. The van der Waals surface area contributed by atoms with Crippen molar-refractivity contribution in [3.63, 3.8) is 0 Å². The van der Waals surface area contributed by atoms with Crippen molar-refractivity contribution in [2.45, 2.75) is 26.0 Å². The molecule has 0 bridgehead atoms. The number of rotatable bonds is 5. The van der Waals surface area contributed by atoms with Gasteiger partial charge in [-0.15, -0.1) is 0 Å². The lowest BCUT2D eigenvalue weighted by molar-refractivity contribution is 0.0807. The highest BCUT2D eigenvalue weighted by Crippen LogP contribution is 2.32. The SMILES string of the molecule is COc1cc(C)c(C)cc1C(C(O)CN)N(C)C. The molecule has 0 saturated heterocycles. The minimum Gasteiger partial charge on any atom is -0.496 e. The van der Waals surface area contributed by atoms with E-state index >= 15 is 0 Å². The summed E-state index contributed by atoms with van der Waals surface area (Å²) in [5.74, 6) is 0.796. The molecule has 0 aliphatic rings. The average Bonchev–Trinajstić information content (AvgIpc) is 2.32. The van der Waals surface area contributed by atoms with Crippen LogP contribution in [0.25, 0.3) is 0 Å². The van der Waals surface area contributed by atoms with Crippen LogP contribution in [0.4, 0.5) is 0 Å². The van der Waals surface area contributed by atoms with Gasteiger partial charge in [-0.25, -0.2) is 0 Å². The third-order valence-electron chi connectivity index (χ3n) is 3.33. The molecule has 0 aromatic heterocycles. The highest BCUT2D eigenvalue weighted by Gasteiger charge is 2.25. The predicted molar refractivity (Wildman–Crippen MR) is 74.0 cm³/mol. The van der Waals surface area contributed by atoms with Crippen LogP contribution in [0, 0.1) is 13.8 Å². The standard InChI is InChI=1S/C14H24N2O2/c1-9-6-11(13(18-5)7-10(9)2)14(16(3)4)12(17)8-15/h6-7,12,14,17H,8,15H2,1-5H3. The molecule has 0 fully saturated rings. The van der Waals surface area contributed by atoms with E-state index in [1.54, 1.807) is 7.11 Å². The van der Waals surface area contributed by atoms with Gasteiger partial charge in [-0.3, -0.25) is 4.90 Å². The smallest absolute Gasteiger partial charge is 0.124 e. The van der Waals surface area contributed by atoms with Crippen LogP contribution in [0.2, 0.25) is 0 Å². The van der Waals surface area contributed by atoms with Crippen LogP contribution in [-0.4, -0.2) is 43.9 Å². The van der Waals surface area contributed by atoms with Crippen molar-refractivity contribution in [2.24, 2.45) is 5.73 Å². The monoisotopic (exact) mass is 252 g/mol. The Labute approximate surface area is 109 Å². The molecule has 102 valence electrons. The Bertz CT molecular complexity index is 405. The Balaban J connectivity index is 3.30. The molecule has 0 spiro atoms. The van der Waals surface area contributed by atoms with E-state index in [-0.39, 0.29) is 12.6 Å². The molecule has 2 unspecified atom stereocenters. The van der Waals surface area contributed by atoms with Crippen LogP contribution in [0.1, 0.15) is 22.7 Å². The zero-order valence-electron chi connectivity index (χ0n) is 11.9. The Morgan fingerprint density at radius 3 is 2.28 bits per heavy atom. The summed E-state index contributed by atoms with van der Waals surface area (Å²) in [7, 11) is 5.51. The predicted octanol–water partition coefficient (Wildman–Crippen LogP) is 1.23. The van der Waals surface area contributed by atoms with Crippen LogP contribution in [-0.2, 0) is 0 Å². The number of nitrogens with zero attached hydrogens (tertiary/aromatic N) is 1. The molecular weight excluding hydrogens is 228 g/mol. The molecule has 1 aromatic carbocycles. The van der Waals surface area contributed by atoms with E-state index in [0.29, 0.717) is 0 Å². The van der Waals surface area contributed by atoms with E-state index in [2.05, 4.69) is 13.0 Å². The molecule has 2 atom stereocenters. The second-order valence-corrected chi connectivity index (χ2v) is 4.89. The molecule has 4 nitrogen and oxygen atoms in total. The summed E-state index contributed by atoms with van der Waals surface area (Å²) in [5.41, 5.74) is 8.92. The molecule has 18 heavy (non-hydrogen) atoms. The van der Waals surface area contributed by atoms with Crippen LogP contribution in [0.3, 0.4) is 0 Å². The third-order valence-corrected chi connectivity index (χ3v) is 3.33.